The molecule has 48 heavy (non-hydrogen) atoms. The Balaban J connectivity index is 1.13. The van der Waals surface area contributed by atoms with Crippen LogP contribution in [-0.4, -0.2) is 84.8 Å². The van der Waals surface area contributed by atoms with Gasteiger partial charge in [-0.25, -0.2) is 9.97 Å². The maximum Gasteiger partial charge on any atom is 0.573 e. The van der Waals surface area contributed by atoms with Gasteiger partial charge >= 0.3 is 13.5 Å². The highest BCUT2D eigenvalue weighted by Crippen LogP contribution is 2.26. The summed E-state index contributed by atoms with van der Waals surface area (Å²) in [7, 11) is -1.79. The van der Waals surface area contributed by atoms with Crippen LogP contribution in [0.15, 0.2) is 79.1 Å². The van der Waals surface area contributed by atoms with Gasteiger partial charge in [0.2, 0.25) is 0 Å². The van der Waals surface area contributed by atoms with Crippen molar-refractivity contribution in [2.24, 2.45) is 0 Å². The van der Waals surface area contributed by atoms with Crippen LogP contribution < -0.4 is 26.2 Å². The number of anilines is 2. The Morgan fingerprint density at radius 1 is 0.812 bits per heavy atom. The third kappa shape index (κ3) is 11.5. The first-order valence-corrected chi connectivity index (χ1v) is 14.8. The van der Waals surface area contributed by atoms with Crippen LogP contribution in [0.3, 0.4) is 0 Å². The van der Waals surface area contributed by atoms with Gasteiger partial charge in [0.25, 0.3) is 11.8 Å². The summed E-state index contributed by atoms with van der Waals surface area (Å²) in [5, 5.41) is 27.2. The average molecular weight is 688 g/mol. The van der Waals surface area contributed by atoms with Crippen molar-refractivity contribution in [3.05, 3.63) is 95.3 Å². The maximum absolute atomic E-state index is 12.7. The summed E-state index contributed by atoms with van der Waals surface area (Å²) in [6, 6.07) is 17.8. The van der Waals surface area contributed by atoms with Crippen molar-refractivity contribution in [3.63, 3.8) is 0 Å². The van der Waals surface area contributed by atoms with Crippen LogP contribution in [0.2, 0.25) is 5.02 Å². The van der Waals surface area contributed by atoms with Crippen molar-refractivity contribution in [1.82, 2.24) is 20.6 Å². The Morgan fingerprint density at radius 3 is 2.08 bits per heavy atom. The molecule has 0 saturated heterocycles. The van der Waals surface area contributed by atoms with E-state index in [1.807, 2.05) is 0 Å². The number of carbonyl (C=O) groups is 2. The Kier molecular flexibility index (Phi) is 13.1. The number of aromatic nitrogens is 2. The van der Waals surface area contributed by atoms with Crippen molar-refractivity contribution in [3.8, 4) is 17.0 Å². The van der Waals surface area contributed by atoms with Crippen LogP contribution in [0, 0.1) is 0 Å². The van der Waals surface area contributed by atoms with Crippen molar-refractivity contribution in [1.29, 1.82) is 0 Å². The fraction of sp³-hybridized carbons (Fsp3) is 0.226. The molecule has 0 atom stereocenters. The van der Waals surface area contributed by atoms with Crippen molar-refractivity contribution in [2.45, 2.75) is 6.36 Å². The monoisotopic (exact) mass is 687 g/mol. The molecule has 0 spiro atoms. The molecule has 0 fully saturated rings. The number of ether oxygens (including phenoxy) is 3. The second kappa shape index (κ2) is 17.4. The number of hydrogen-bond acceptors (Lipinski definition) is 10. The molecular formula is C31H30BClF3N5O7. The highest BCUT2D eigenvalue weighted by Gasteiger charge is 2.31. The van der Waals surface area contributed by atoms with Gasteiger partial charge in [-0.3, -0.25) is 9.59 Å². The molecule has 0 aliphatic heterocycles. The largest absolute Gasteiger partial charge is 0.573 e. The molecule has 252 valence electrons. The molecule has 0 bridgehead atoms. The maximum atomic E-state index is 12.7. The van der Waals surface area contributed by atoms with Gasteiger partial charge < -0.3 is 40.2 Å². The van der Waals surface area contributed by atoms with Gasteiger partial charge in [-0.15, -0.1) is 13.2 Å². The zero-order chi connectivity index (χ0) is 34.5. The number of hydrogen-bond donors (Lipinski definition) is 5. The van der Waals surface area contributed by atoms with Gasteiger partial charge in [0, 0.05) is 52.0 Å². The second-order valence-electron chi connectivity index (χ2n) is 9.91. The van der Waals surface area contributed by atoms with Crippen LogP contribution in [0.1, 0.15) is 20.7 Å². The minimum absolute atomic E-state index is 0.0321. The zero-order valence-corrected chi connectivity index (χ0v) is 25.9. The number of amides is 2. The molecule has 1 heterocycles. The topological polar surface area (TPSA) is 164 Å². The molecule has 4 aromatic rings. The van der Waals surface area contributed by atoms with Gasteiger partial charge in [-0.1, -0.05) is 23.7 Å². The highest BCUT2D eigenvalue weighted by atomic mass is 35.5. The van der Waals surface area contributed by atoms with E-state index < -0.39 is 19.4 Å². The van der Waals surface area contributed by atoms with E-state index in [4.69, 9.17) is 21.1 Å². The number of nitrogens with one attached hydrogen (secondary N) is 3. The molecule has 4 rings (SSSR count). The molecule has 5 N–H and O–H groups in total. The first-order chi connectivity index (χ1) is 23.0. The van der Waals surface area contributed by atoms with Crippen LogP contribution in [0.25, 0.3) is 11.3 Å². The standard InChI is InChI=1S/C31H30BClF3N5O7/c33-26-9-4-22(17-25(26)32(44)45)30(43)38-11-13-47-15-14-46-12-10-37-29(42)21-3-1-2-20(16-21)27-18-28(40-19-39-27)41-23-5-7-24(8-6-23)48-31(34,35)36/h1-9,16-19,44-45H,10-15H2,(H,37,42)(H,38,43)(H,39,40,41). The summed E-state index contributed by atoms with van der Waals surface area (Å²) < 4.78 is 52.0. The summed E-state index contributed by atoms with van der Waals surface area (Å²) in [5.41, 5.74) is 2.30. The lowest BCUT2D eigenvalue weighted by Crippen LogP contribution is -2.33. The quantitative estimate of drug-likeness (QED) is 0.0872. The lowest BCUT2D eigenvalue weighted by atomic mass is 9.79. The van der Waals surface area contributed by atoms with E-state index in [9.17, 15) is 32.8 Å². The highest BCUT2D eigenvalue weighted by molar-refractivity contribution is 6.62. The first kappa shape index (κ1) is 36.1. The lowest BCUT2D eigenvalue weighted by molar-refractivity contribution is -0.274. The van der Waals surface area contributed by atoms with Crippen molar-refractivity contribution in [2.75, 3.05) is 44.8 Å². The number of rotatable bonds is 16. The van der Waals surface area contributed by atoms with Gasteiger partial charge in [-0.2, -0.15) is 0 Å². The molecule has 0 unspecified atom stereocenters. The number of halogens is 4. The van der Waals surface area contributed by atoms with Gasteiger partial charge in [-0.05, 0) is 54.6 Å². The minimum atomic E-state index is -4.78. The number of alkyl halides is 3. The van der Waals surface area contributed by atoms with Crippen LogP contribution >= 0.6 is 11.6 Å². The SMILES string of the molecule is O=C(NCCOCCOCCNC(=O)c1ccc(Cl)c(B(O)O)c1)c1cccc(-c2cc(Nc3ccc(OC(F)(F)F)cc3)ncn2)c1. The molecule has 0 aliphatic carbocycles. The average Bonchev–Trinajstić information content (AvgIpc) is 3.06. The van der Waals surface area contributed by atoms with Gasteiger partial charge in [0.1, 0.15) is 17.9 Å². The van der Waals surface area contributed by atoms with E-state index in [1.54, 1.807) is 30.3 Å². The van der Waals surface area contributed by atoms with Crippen LogP contribution in [-0.2, 0) is 9.47 Å². The summed E-state index contributed by atoms with van der Waals surface area (Å²) in [6.45, 7) is 1.47. The van der Waals surface area contributed by atoms with Crippen molar-refractivity contribution < 1.29 is 47.0 Å². The predicted octanol–water partition coefficient (Wildman–Crippen LogP) is 3.31. The Hall–Kier alpha value is -4.74. The van der Waals surface area contributed by atoms with Crippen molar-refractivity contribution >= 4 is 47.5 Å². The van der Waals surface area contributed by atoms with Gasteiger partial charge in [0.05, 0.1) is 32.1 Å². The Bertz CT molecular complexity index is 1680. The van der Waals surface area contributed by atoms with E-state index in [0.717, 1.165) is 0 Å². The molecule has 2 amide bonds. The molecule has 12 nitrogen and oxygen atoms in total. The number of benzene rings is 3. The molecule has 0 aliphatic rings. The van der Waals surface area contributed by atoms with Crippen LogP contribution in [0.4, 0.5) is 24.7 Å². The Labute approximate surface area is 278 Å². The number of nitrogens with zero attached hydrogens (tertiary/aromatic N) is 2. The molecule has 0 radical (unpaired) electrons. The lowest BCUT2D eigenvalue weighted by Gasteiger charge is -2.11. The molecule has 0 saturated carbocycles. The minimum Gasteiger partial charge on any atom is -0.423 e. The summed E-state index contributed by atoms with van der Waals surface area (Å²) in [6.07, 6.45) is -3.46. The normalized spacial score (nSPS) is 11.1. The van der Waals surface area contributed by atoms with E-state index in [-0.39, 0.29) is 67.2 Å². The van der Waals surface area contributed by atoms with E-state index in [0.29, 0.717) is 28.3 Å². The fourth-order valence-electron chi connectivity index (χ4n) is 4.17. The summed E-state index contributed by atoms with van der Waals surface area (Å²) >= 11 is 5.88. The number of carbonyl (C=O) groups excluding carboxylic acids is 2. The summed E-state index contributed by atoms with van der Waals surface area (Å²) in [5.74, 6) is -0.690. The first-order valence-electron chi connectivity index (χ1n) is 14.4. The van der Waals surface area contributed by atoms with Gasteiger partial charge in [0.15, 0.2) is 0 Å². The molecule has 1 aromatic heterocycles. The molecule has 3 aromatic carbocycles. The summed E-state index contributed by atoms with van der Waals surface area (Å²) in [4.78, 5) is 33.3. The molecule has 17 heteroatoms. The second-order valence-corrected chi connectivity index (χ2v) is 10.3. The predicted molar refractivity (Wildman–Crippen MR) is 171 cm³/mol. The van der Waals surface area contributed by atoms with Crippen LogP contribution in [0.5, 0.6) is 5.75 Å². The van der Waals surface area contributed by atoms with E-state index in [2.05, 4.69) is 30.7 Å². The smallest absolute Gasteiger partial charge is 0.423 e. The third-order valence-corrected chi connectivity index (χ3v) is 6.76. The Morgan fingerprint density at radius 2 is 1.46 bits per heavy atom. The van der Waals surface area contributed by atoms with E-state index in [1.165, 1.54) is 48.8 Å². The third-order valence-electron chi connectivity index (χ3n) is 6.42. The zero-order valence-electron chi connectivity index (χ0n) is 25.2. The molecular weight excluding hydrogens is 658 g/mol. The van der Waals surface area contributed by atoms with E-state index >= 15 is 0 Å². The fourth-order valence-corrected chi connectivity index (χ4v) is 4.39.